The van der Waals surface area contributed by atoms with Crippen molar-refractivity contribution in [3.8, 4) is 0 Å². The Balaban J connectivity index is 2.00. The van der Waals surface area contributed by atoms with Crippen LogP contribution in [0, 0.1) is 0 Å². The highest BCUT2D eigenvalue weighted by molar-refractivity contribution is 7.99. The number of hydrogen-bond acceptors (Lipinski definition) is 5. The molecule has 0 amide bonds. The standard InChI is InChI=1S/C13H15N5S/c14-11-16-12-15-9-3-1-2-4-10(9)18(12)13(17-11)5-7-19-8-6-13/h1-4H,5-8H2,(H3,14,15,16,17). The molecule has 1 saturated heterocycles. The number of rotatable bonds is 0. The molecule has 5 nitrogen and oxygen atoms in total. The summed E-state index contributed by atoms with van der Waals surface area (Å²) in [6.07, 6.45) is 2.01. The second-order valence-electron chi connectivity index (χ2n) is 4.98. The Kier molecular flexibility index (Phi) is 2.29. The molecule has 98 valence electrons. The van der Waals surface area contributed by atoms with Gasteiger partial charge in [-0.3, -0.25) is 9.88 Å². The minimum Gasteiger partial charge on any atom is -0.370 e. The van der Waals surface area contributed by atoms with Crippen molar-refractivity contribution in [1.29, 1.82) is 0 Å². The molecule has 1 aromatic heterocycles. The number of guanidine groups is 1. The van der Waals surface area contributed by atoms with Gasteiger partial charge < -0.3 is 5.73 Å². The summed E-state index contributed by atoms with van der Waals surface area (Å²) >= 11 is 1.98. The van der Waals surface area contributed by atoms with Crippen molar-refractivity contribution in [2.75, 3.05) is 16.8 Å². The van der Waals surface area contributed by atoms with E-state index in [-0.39, 0.29) is 5.66 Å². The van der Waals surface area contributed by atoms with Gasteiger partial charge in [-0.2, -0.15) is 11.8 Å². The average molecular weight is 273 g/mol. The number of aliphatic imine (C=N–C) groups is 1. The van der Waals surface area contributed by atoms with Gasteiger partial charge in [0.2, 0.25) is 5.95 Å². The number of benzene rings is 1. The van der Waals surface area contributed by atoms with Crippen LogP contribution >= 0.6 is 11.8 Å². The summed E-state index contributed by atoms with van der Waals surface area (Å²) in [4.78, 5) is 9.37. The molecule has 1 fully saturated rings. The van der Waals surface area contributed by atoms with Crippen LogP contribution in [-0.2, 0) is 5.66 Å². The van der Waals surface area contributed by atoms with Crippen molar-refractivity contribution in [1.82, 2.24) is 9.55 Å². The van der Waals surface area contributed by atoms with Crippen molar-refractivity contribution in [2.45, 2.75) is 18.5 Å². The third-order valence-electron chi connectivity index (χ3n) is 3.84. The van der Waals surface area contributed by atoms with Crippen molar-refractivity contribution in [2.24, 2.45) is 10.7 Å². The van der Waals surface area contributed by atoms with Crippen molar-refractivity contribution in [3.63, 3.8) is 0 Å². The first-order valence-corrected chi connectivity index (χ1v) is 7.62. The highest BCUT2D eigenvalue weighted by atomic mass is 32.2. The molecule has 0 saturated carbocycles. The normalized spacial score (nSPS) is 20.9. The number of anilines is 1. The fourth-order valence-electron chi connectivity index (χ4n) is 2.98. The predicted molar refractivity (Wildman–Crippen MR) is 79.5 cm³/mol. The highest BCUT2D eigenvalue weighted by Gasteiger charge is 2.39. The highest BCUT2D eigenvalue weighted by Crippen LogP contribution is 2.41. The van der Waals surface area contributed by atoms with Gasteiger partial charge in [0, 0.05) is 12.8 Å². The Labute approximate surface area is 115 Å². The minimum absolute atomic E-state index is 0.244. The van der Waals surface area contributed by atoms with Crippen LogP contribution in [0.3, 0.4) is 0 Å². The van der Waals surface area contributed by atoms with Crippen molar-refractivity contribution >= 4 is 34.7 Å². The van der Waals surface area contributed by atoms with Gasteiger partial charge in [-0.25, -0.2) is 9.98 Å². The number of nitrogens with zero attached hydrogens (tertiary/aromatic N) is 3. The molecule has 0 radical (unpaired) electrons. The van der Waals surface area contributed by atoms with E-state index in [2.05, 4.69) is 20.9 Å². The number of fused-ring (bicyclic) bond motifs is 4. The SMILES string of the molecule is NC1=NC2(CCSCC2)n2c(nc3ccccc32)N1. The molecular weight excluding hydrogens is 258 g/mol. The molecule has 0 aliphatic carbocycles. The second kappa shape index (κ2) is 3.90. The molecule has 2 aliphatic rings. The molecule has 0 atom stereocenters. The first-order valence-electron chi connectivity index (χ1n) is 6.47. The third-order valence-corrected chi connectivity index (χ3v) is 4.82. The van der Waals surface area contributed by atoms with Crippen LogP contribution in [0.5, 0.6) is 0 Å². The molecule has 2 aliphatic heterocycles. The van der Waals surface area contributed by atoms with Crippen LogP contribution in [0.4, 0.5) is 5.95 Å². The van der Waals surface area contributed by atoms with Gasteiger partial charge in [-0.15, -0.1) is 0 Å². The molecule has 4 rings (SSSR count). The summed E-state index contributed by atoms with van der Waals surface area (Å²) < 4.78 is 2.23. The number of imidazole rings is 1. The monoisotopic (exact) mass is 273 g/mol. The Morgan fingerprint density at radius 2 is 2.05 bits per heavy atom. The zero-order valence-electron chi connectivity index (χ0n) is 10.5. The Morgan fingerprint density at radius 3 is 2.89 bits per heavy atom. The maximum atomic E-state index is 5.96. The molecule has 1 spiro atoms. The van der Waals surface area contributed by atoms with E-state index in [1.54, 1.807) is 0 Å². The topological polar surface area (TPSA) is 68.2 Å². The molecule has 1 aromatic carbocycles. The lowest BCUT2D eigenvalue weighted by Crippen LogP contribution is -2.44. The van der Waals surface area contributed by atoms with E-state index in [1.807, 2.05) is 30.0 Å². The number of hydrogen-bond donors (Lipinski definition) is 2. The minimum atomic E-state index is -0.244. The van der Waals surface area contributed by atoms with E-state index in [4.69, 9.17) is 10.7 Å². The van der Waals surface area contributed by atoms with Crippen LogP contribution in [0.1, 0.15) is 12.8 Å². The molecule has 2 aromatic rings. The molecule has 0 bridgehead atoms. The molecule has 3 N–H and O–H groups in total. The van der Waals surface area contributed by atoms with E-state index < -0.39 is 0 Å². The number of nitrogens with two attached hydrogens (primary N) is 1. The van der Waals surface area contributed by atoms with Gasteiger partial charge in [0.25, 0.3) is 0 Å². The largest absolute Gasteiger partial charge is 0.370 e. The number of aromatic nitrogens is 2. The number of para-hydroxylation sites is 2. The van der Waals surface area contributed by atoms with Gasteiger partial charge >= 0.3 is 0 Å². The fourth-order valence-corrected chi connectivity index (χ4v) is 4.13. The lowest BCUT2D eigenvalue weighted by molar-refractivity contribution is 0.282. The summed E-state index contributed by atoms with van der Waals surface area (Å²) in [6, 6.07) is 8.19. The number of thioether (sulfide) groups is 1. The number of nitrogens with one attached hydrogen (secondary N) is 1. The smallest absolute Gasteiger partial charge is 0.212 e. The fraction of sp³-hybridized carbons (Fsp3) is 0.385. The maximum absolute atomic E-state index is 5.96. The molecule has 19 heavy (non-hydrogen) atoms. The van der Waals surface area contributed by atoms with E-state index in [9.17, 15) is 0 Å². The van der Waals surface area contributed by atoms with Crippen LogP contribution in [0.15, 0.2) is 29.3 Å². The molecule has 0 unspecified atom stereocenters. The summed E-state index contributed by atoms with van der Waals surface area (Å²) in [7, 11) is 0. The third kappa shape index (κ3) is 1.56. The molecule has 3 heterocycles. The summed E-state index contributed by atoms with van der Waals surface area (Å²) in [6.45, 7) is 0. The van der Waals surface area contributed by atoms with E-state index in [0.29, 0.717) is 5.96 Å². The Bertz CT molecular complexity index is 669. The Morgan fingerprint density at radius 1 is 1.26 bits per heavy atom. The molecule has 6 heteroatoms. The average Bonchev–Trinajstić information content (AvgIpc) is 2.78. The van der Waals surface area contributed by atoms with Crippen LogP contribution in [0.25, 0.3) is 11.0 Å². The zero-order chi connectivity index (χ0) is 12.9. The van der Waals surface area contributed by atoms with E-state index >= 15 is 0 Å². The van der Waals surface area contributed by atoms with Crippen LogP contribution in [-0.4, -0.2) is 27.0 Å². The zero-order valence-corrected chi connectivity index (χ0v) is 11.3. The quantitative estimate of drug-likeness (QED) is 0.770. The second-order valence-corrected chi connectivity index (χ2v) is 6.20. The summed E-state index contributed by atoms with van der Waals surface area (Å²) in [5.41, 5.74) is 7.84. The Hall–Kier alpha value is -1.69. The summed E-state index contributed by atoms with van der Waals surface area (Å²) in [5.74, 6) is 3.53. The lowest BCUT2D eigenvalue weighted by Gasteiger charge is -2.38. The van der Waals surface area contributed by atoms with Crippen molar-refractivity contribution in [3.05, 3.63) is 24.3 Å². The molecular formula is C13H15N5S. The van der Waals surface area contributed by atoms with E-state index in [0.717, 1.165) is 41.3 Å². The van der Waals surface area contributed by atoms with Gasteiger partial charge in [0.05, 0.1) is 11.0 Å². The van der Waals surface area contributed by atoms with E-state index in [1.165, 1.54) is 0 Å². The maximum Gasteiger partial charge on any atom is 0.212 e. The predicted octanol–water partition coefficient (Wildman–Crippen LogP) is 1.96. The van der Waals surface area contributed by atoms with Crippen LogP contribution < -0.4 is 11.1 Å². The summed E-state index contributed by atoms with van der Waals surface area (Å²) in [5, 5.41) is 3.09. The van der Waals surface area contributed by atoms with Gasteiger partial charge in [-0.1, -0.05) is 12.1 Å². The van der Waals surface area contributed by atoms with Gasteiger partial charge in [-0.05, 0) is 23.6 Å². The first-order chi connectivity index (χ1) is 9.28. The van der Waals surface area contributed by atoms with Crippen LogP contribution in [0.2, 0.25) is 0 Å². The lowest BCUT2D eigenvalue weighted by atomic mass is 10.0. The van der Waals surface area contributed by atoms with Crippen molar-refractivity contribution < 1.29 is 0 Å². The first kappa shape index (κ1) is 11.2. The van der Waals surface area contributed by atoms with Gasteiger partial charge in [0.15, 0.2) is 5.96 Å². The van der Waals surface area contributed by atoms with Gasteiger partial charge in [0.1, 0.15) is 5.66 Å².